The molecule has 0 aliphatic heterocycles. The predicted octanol–water partition coefficient (Wildman–Crippen LogP) is 4.12. The number of methoxy groups -OCH3 is 1. The fourth-order valence-corrected chi connectivity index (χ4v) is 2.17. The van der Waals surface area contributed by atoms with E-state index in [0.29, 0.717) is 16.5 Å². The minimum atomic E-state index is -0.556. The van der Waals surface area contributed by atoms with Gasteiger partial charge >= 0.3 is 0 Å². The van der Waals surface area contributed by atoms with Crippen LogP contribution in [0.15, 0.2) is 54.2 Å². The molecule has 122 valence electrons. The Bertz CT molecular complexity index is 825. The number of carbonyl (C=O) groups excluding carboxylic acids is 1. The highest BCUT2D eigenvalue weighted by molar-refractivity contribution is 6.31. The van der Waals surface area contributed by atoms with Crippen LogP contribution in [0.25, 0.3) is 0 Å². The molecule has 5 nitrogen and oxygen atoms in total. The van der Waals surface area contributed by atoms with Crippen LogP contribution in [0.1, 0.15) is 5.56 Å². The number of para-hydroxylation sites is 1. The standard InChI is InChI=1S/C18H16ClN3O2/c1-12-5-3-4-6-15(12)21-11-13(10-20)18(23)22-16-9-14(19)7-8-17(16)24-2/h3-9,11,21H,1-2H3,(H,22,23)/b13-11-. The zero-order valence-corrected chi connectivity index (χ0v) is 14.0. The molecule has 0 saturated carbocycles. The number of hydrogen-bond acceptors (Lipinski definition) is 4. The number of nitrogens with zero attached hydrogens (tertiary/aromatic N) is 1. The maximum absolute atomic E-state index is 12.3. The van der Waals surface area contributed by atoms with Crippen LogP contribution >= 0.6 is 11.6 Å². The topological polar surface area (TPSA) is 74.1 Å². The van der Waals surface area contributed by atoms with Crippen LogP contribution in [0.5, 0.6) is 5.75 Å². The van der Waals surface area contributed by atoms with Gasteiger partial charge in [-0.05, 0) is 36.8 Å². The van der Waals surface area contributed by atoms with Gasteiger partial charge in [-0.1, -0.05) is 29.8 Å². The van der Waals surface area contributed by atoms with Crippen LogP contribution in [0, 0.1) is 18.3 Å². The van der Waals surface area contributed by atoms with Crippen molar-refractivity contribution in [2.45, 2.75) is 6.92 Å². The van der Waals surface area contributed by atoms with Gasteiger partial charge in [0.15, 0.2) is 0 Å². The van der Waals surface area contributed by atoms with Crippen LogP contribution in [-0.4, -0.2) is 13.0 Å². The fourth-order valence-electron chi connectivity index (χ4n) is 2.00. The van der Waals surface area contributed by atoms with Crippen molar-refractivity contribution in [1.82, 2.24) is 0 Å². The van der Waals surface area contributed by atoms with E-state index in [9.17, 15) is 10.1 Å². The first-order valence-corrected chi connectivity index (χ1v) is 7.50. The van der Waals surface area contributed by atoms with Gasteiger partial charge in [0.2, 0.25) is 0 Å². The molecule has 0 aliphatic rings. The molecule has 0 unspecified atom stereocenters. The third kappa shape index (κ3) is 4.28. The minimum Gasteiger partial charge on any atom is -0.495 e. The van der Waals surface area contributed by atoms with Crippen molar-refractivity contribution in [3.63, 3.8) is 0 Å². The Morgan fingerprint density at radius 3 is 2.67 bits per heavy atom. The summed E-state index contributed by atoms with van der Waals surface area (Å²) in [4.78, 5) is 12.3. The van der Waals surface area contributed by atoms with Crippen LogP contribution in [-0.2, 0) is 4.79 Å². The van der Waals surface area contributed by atoms with Crippen LogP contribution in [0.2, 0.25) is 5.02 Å². The zero-order chi connectivity index (χ0) is 17.5. The van der Waals surface area contributed by atoms with E-state index in [0.717, 1.165) is 11.3 Å². The second-order valence-electron chi connectivity index (χ2n) is 4.93. The van der Waals surface area contributed by atoms with Gasteiger partial charge in [0.25, 0.3) is 5.91 Å². The van der Waals surface area contributed by atoms with Gasteiger partial charge < -0.3 is 15.4 Å². The van der Waals surface area contributed by atoms with E-state index in [-0.39, 0.29) is 5.57 Å². The first-order valence-electron chi connectivity index (χ1n) is 7.12. The number of aryl methyl sites for hydroxylation is 1. The second kappa shape index (κ2) is 8.04. The summed E-state index contributed by atoms with van der Waals surface area (Å²) in [6.45, 7) is 1.93. The number of benzene rings is 2. The Labute approximate surface area is 145 Å². The Morgan fingerprint density at radius 2 is 2.00 bits per heavy atom. The monoisotopic (exact) mass is 341 g/mol. The number of ether oxygens (including phenoxy) is 1. The molecule has 2 aromatic rings. The van der Waals surface area contributed by atoms with Crippen molar-refractivity contribution in [2.24, 2.45) is 0 Å². The van der Waals surface area contributed by atoms with Crippen molar-refractivity contribution in [3.05, 3.63) is 64.8 Å². The van der Waals surface area contributed by atoms with Crippen LogP contribution < -0.4 is 15.4 Å². The highest BCUT2D eigenvalue weighted by atomic mass is 35.5. The maximum Gasteiger partial charge on any atom is 0.267 e. The quantitative estimate of drug-likeness (QED) is 0.634. The van der Waals surface area contributed by atoms with E-state index < -0.39 is 5.91 Å². The number of rotatable bonds is 5. The van der Waals surface area contributed by atoms with E-state index in [1.54, 1.807) is 18.2 Å². The molecule has 2 rings (SSSR count). The Hall–Kier alpha value is -2.97. The lowest BCUT2D eigenvalue weighted by molar-refractivity contribution is -0.112. The highest BCUT2D eigenvalue weighted by Crippen LogP contribution is 2.28. The van der Waals surface area contributed by atoms with Gasteiger partial charge in [-0.2, -0.15) is 5.26 Å². The largest absolute Gasteiger partial charge is 0.495 e. The third-order valence-electron chi connectivity index (χ3n) is 3.29. The Kier molecular flexibility index (Phi) is 5.83. The predicted molar refractivity (Wildman–Crippen MR) is 95.1 cm³/mol. The smallest absolute Gasteiger partial charge is 0.267 e. The number of amides is 1. The zero-order valence-electron chi connectivity index (χ0n) is 13.3. The normalized spacial score (nSPS) is 10.7. The molecule has 0 saturated heterocycles. The molecule has 6 heteroatoms. The van der Waals surface area contributed by atoms with Gasteiger partial charge in [0, 0.05) is 16.9 Å². The van der Waals surface area contributed by atoms with E-state index >= 15 is 0 Å². The molecule has 0 fully saturated rings. The molecule has 0 heterocycles. The number of anilines is 2. The maximum atomic E-state index is 12.3. The lowest BCUT2D eigenvalue weighted by Gasteiger charge is -2.10. The fraction of sp³-hybridized carbons (Fsp3) is 0.111. The highest BCUT2D eigenvalue weighted by Gasteiger charge is 2.13. The van der Waals surface area contributed by atoms with E-state index in [4.69, 9.17) is 16.3 Å². The number of hydrogen-bond donors (Lipinski definition) is 2. The lowest BCUT2D eigenvalue weighted by atomic mass is 10.2. The molecule has 0 aromatic heterocycles. The summed E-state index contributed by atoms with van der Waals surface area (Å²) in [6, 6.07) is 14.3. The molecular formula is C18H16ClN3O2. The van der Waals surface area contributed by atoms with E-state index in [2.05, 4.69) is 10.6 Å². The second-order valence-corrected chi connectivity index (χ2v) is 5.36. The van der Waals surface area contributed by atoms with Crippen molar-refractivity contribution in [2.75, 3.05) is 17.7 Å². The SMILES string of the molecule is COc1ccc(Cl)cc1NC(=O)/C(C#N)=C\Nc1ccccc1C. The number of halogens is 1. The van der Waals surface area contributed by atoms with E-state index in [1.165, 1.54) is 13.3 Å². The molecule has 24 heavy (non-hydrogen) atoms. The molecule has 0 aliphatic carbocycles. The lowest BCUT2D eigenvalue weighted by Crippen LogP contribution is -2.15. The summed E-state index contributed by atoms with van der Waals surface area (Å²) in [7, 11) is 1.49. The minimum absolute atomic E-state index is 0.0692. The van der Waals surface area contributed by atoms with Crippen molar-refractivity contribution in [1.29, 1.82) is 5.26 Å². The number of nitriles is 1. The first-order chi connectivity index (χ1) is 11.5. The van der Waals surface area contributed by atoms with Crippen molar-refractivity contribution < 1.29 is 9.53 Å². The van der Waals surface area contributed by atoms with Crippen molar-refractivity contribution in [3.8, 4) is 11.8 Å². The van der Waals surface area contributed by atoms with Crippen LogP contribution in [0.4, 0.5) is 11.4 Å². The Morgan fingerprint density at radius 1 is 1.25 bits per heavy atom. The van der Waals surface area contributed by atoms with E-state index in [1.807, 2.05) is 37.3 Å². The van der Waals surface area contributed by atoms with Crippen LogP contribution in [0.3, 0.4) is 0 Å². The summed E-state index contributed by atoms with van der Waals surface area (Å²) >= 11 is 5.93. The molecular weight excluding hydrogens is 326 g/mol. The number of nitrogens with one attached hydrogen (secondary N) is 2. The molecule has 2 N–H and O–H groups in total. The Balaban J connectivity index is 2.18. The summed E-state index contributed by atoms with van der Waals surface area (Å²) < 4.78 is 5.17. The summed E-state index contributed by atoms with van der Waals surface area (Å²) in [5, 5.41) is 15.3. The molecule has 0 radical (unpaired) electrons. The summed E-state index contributed by atoms with van der Waals surface area (Å²) in [6.07, 6.45) is 1.37. The average molecular weight is 342 g/mol. The summed E-state index contributed by atoms with van der Waals surface area (Å²) in [5.74, 6) is -0.101. The average Bonchev–Trinajstić information content (AvgIpc) is 2.57. The van der Waals surface area contributed by atoms with Gasteiger partial charge in [0.1, 0.15) is 17.4 Å². The molecule has 0 spiro atoms. The first kappa shape index (κ1) is 17.4. The van der Waals surface area contributed by atoms with Gasteiger partial charge in [-0.25, -0.2) is 0 Å². The number of carbonyl (C=O) groups is 1. The molecule has 0 bridgehead atoms. The van der Waals surface area contributed by atoms with Crippen molar-refractivity contribution >= 4 is 28.9 Å². The van der Waals surface area contributed by atoms with Gasteiger partial charge in [0.05, 0.1) is 12.8 Å². The third-order valence-corrected chi connectivity index (χ3v) is 3.53. The summed E-state index contributed by atoms with van der Waals surface area (Å²) in [5.41, 5.74) is 2.15. The van der Waals surface area contributed by atoms with Gasteiger partial charge in [-0.15, -0.1) is 0 Å². The molecule has 0 atom stereocenters. The molecule has 2 aromatic carbocycles. The molecule has 1 amide bonds. The van der Waals surface area contributed by atoms with Gasteiger partial charge in [-0.3, -0.25) is 4.79 Å².